The number of aromatic nitrogens is 1. The smallest absolute Gasteiger partial charge is 0.222 e. The summed E-state index contributed by atoms with van der Waals surface area (Å²) in [6, 6.07) is 12.7. The Kier molecular flexibility index (Phi) is 4.21. The van der Waals surface area contributed by atoms with Crippen LogP contribution >= 0.6 is 11.6 Å². The summed E-state index contributed by atoms with van der Waals surface area (Å²) < 4.78 is 7.28. The van der Waals surface area contributed by atoms with Gasteiger partial charge in [0.05, 0.1) is 12.1 Å². The van der Waals surface area contributed by atoms with E-state index < -0.39 is 0 Å². The number of halogens is 1. The fraction of sp³-hybridized carbons (Fsp3) is 0.176. The van der Waals surface area contributed by atoms with Crippen LogP contribution in [0.5, 0.6) is 11.6 Å². The van der Waals surface area contributed by atoms with E-state index in [0.29, 0.717) is 29.3 Å². The maximum Gasteiger partial charge on any atom is 0.222 e. The quantitative estimate of drug-likeness (QED) is 0.684. The summed E-state index contributed by atoms with van der Waals surface area (Å²) in [5.41, 5.74) is 1.73. The minimum absolute atomic E-state index is 0.0737. The van der Waals surface area contributed by atoms with Gasteiger partial charge in [0, 0.05) is 10.4 Å². The van der Waals surface area contributed by atoms with Crippen molar-refractivity contribution < 1.29 is 9.84 Å². The molecule has 118 valence electrons. The Morgan fingerprint density at radius 3 is 2.65 bits per heavy atom. The predicted octanol–water partition coefficient (Wildman–Crippen LogP) is 4.79. The highest BCUT2D eigenvalue weighted by Gasteiger charge is 2.18. The lowest BCUT2D eigenvalue weighted by Crippen LogP contribution is -2.07. The summed E-state index contributed by atoms with van der Waals surface area (Å²) in [6.07, 6.45) is 0. The molecule has 1 N–H and O–H groups in total. The summed E-state index contributed by atoms with van der Waals surface area (Å²) in [4.78, 5) is 11.1. The zero-order valence-corrected chi connectivity index (χ0v) is 13.2. The first-order chi connectivity index (χ1) is 11.1. The molecule has 0 radical (unpaired) electrons. The minimum Gasteiger partial charge on any atom is -0.493 e. The van der Waals surface area contributed by atoms with Gasteiger partial charge >= 0.3 is 0 Å². The largest absolute Gasteiger partial charge is 0.493 e. The fourth-order valence-electron chi connectivity index (χ4n) is 2.64. The molecule has 0 amide bonds. The van der Waals surface area contributed by atoms with Gasteiger partial charge in [-0.2, -0.15) is 0 Å². The molecule has 0 bridgehead atoms. The van der Waals surface area contributed by atoms with Crippen molar-refractivity contribution in [3.05, 3.63) is 58.0 Å². The van der Waals surface area contributed by atoms with Crippen molar-refractivity contribution in [2.24, 2.45) is 5.18 Å². The maximum atomic E-state index is 11.1. The molecular formula is C17H15ClN2O3. The van der Waals surface area contributed by atoms with Gasteiger partial charge in [-0.05, 0) is 48.0 Å². The maximum absolute atomic E-state index is 11.1. The van der Waals surface area contributed by atoms with E-state index in [-0.39, 0.29) is 11.6 Å². The lowest BCUT2D eigenvalue weighted by molar-refractivity contribution is 0.290. The van der Waals surface area contributed by atoms with Crippen molar-refractivity contribution in [2.45, 2.75) is 13.5 Å². The number of rotatable bonds is 5. The van der Waals surface area contributed by atoms with Crippen molar-refractivity contribution >= 4 is 28.2 Å². The lowest BCUT2D eigenvalue weighted by Gasteiger charge is -2.09. The third-order valence-corrected chi connectivity index (χ3v) is 3.99. The molecule has 1 aromatic heterocycles. The van der Waals surface area contributed by atoms with Crippen LogP contribution in [0.2, 0.25) is 5.02 Å². The summed E-state index contributed by atoms with van der Waals surface area (Å²) in [7, 11) is 0. The molecule has 0 aliphatic heterocycles. The molecular weight excluding hydrogens is 316 g/mol. The predicted molar refractivity (Wildman–Crippen MR) is 90.7 cm³/mol. The molecule has 0 fully saturated rings. The Balaban J connectivity index is 1.85. The number of fused-ring (bicyclic) bond motifs is 1. The molecule has 0 aliphatic carbocycles. The Morgan fingerprint density at radius 1 is 1.22 bits per heavy atom. The van der Waals surface area contributed by atoms with Gasteiger partial charge in [0.25, 0.3) is 0 Å². The van der Waals surface area contributed by atoms with Crippen LogP contribution in [0.1, 0.15) is 5.56 Å². The van der Waals surface area contributed by atoms with Crippen LogP contribution in [0.25, 0.3) is 10.9 Å². The van der Waals surface area contributed by atoms with Crippen molar-refractivity contribution in [3.8, 4) is 11.6 Å². The normalized spacial score (nSPS) is 10.9. The summed E-state index contributed by atoms with van der Waals surface area (Å²) in [5, 5.41) is 14.6. The Morgan fingerprint density at radius 2 is 1.96 bits per heavy atom. The summed E-state index contributed by atoms with van der Waals surface area (Å²) in [6.45, 7) is 2.61. The van der Waals surface area contributed by atoms with Gasteiger partial charge in [-0.15, -0.1) is 4.91 Å². The average molecular weight is 331 g/mol. The molecule has 6 heteroatoms. The molecule has 5 nitrogen and oxygen atoms in total. The fourth-order valence-corrected chi connectivity index (χ4v) is 2.76. The molecule has 0 saturated heterocycles. The second kappa shape index (κ2) is 6.30. The number of aryl methyl sites for hydroxylation is 1. The molecule has 23 heavy (non-hydrogen) atoms. The molecule has 0 aliphatic rings. The number of ether oxygens (including phenoxy) is 1. The van der Waals surface area contributed by atoms with Gasteiger partial charge in [0.15, 0.2) is 5.69 Å². The van der Waals surface area contributed by atoms with Gasteiger partial charge in [-0.1, -0.05) is 23.7 Å². The lowest BCUT2D eigenvalue weighted by atomic mass is 10.1. The molecule has 3 rings (SSSR count). The van der Waals surface area contributed by atoms with Gasteiger partial charge in [-0.3, -0.25) is 0 Å². The highest BCUT2D eigenvalue weighted by atomic mass is 35.5. The van der Waals surface area contributed by atoms with Gasteiger partial charge in [0.1, 0.15) is 12.4 Å². The zero-order valence-electron chi connectivity index (χ0n) is 12.5. The van der Waals surface area contributed by atoms with Crippen molar-refractivity contribution in [1.82, 2.24) is 4.57 Å². The molecule has 0 spiro atoms. The van der Waals surface area contributed by atoms with Crippen molar-refractivity contribution in [3.63, 3.8) is 0 Å². The van der Waals surface area contributed by atoms with Crippen LogP contribution in [0, 0.1) is 11.8 Å². The monoisotopic (exact) mass is 330 g/mol. The van der Waals surface area contributed by atoms with E-state index in [2.05, 4.69) is 5.18 Å². The van der Waals surface area contributed by atoms with Crippen LogP contribution < -0.4 is 4.74 Å². The molecule has 3 aromatic rings. The van der Waals surface area contributed by atoms with E-state index in [1.54, 1.807) is 28.8 Å². The van der Waals surface area contributed by atoms with E-state index in [1.165, 1.54) is 0 Å². The van der Waals surface area contributed by atoms with E-state index in [0.717, 1.165) is 11.1 Å². The second-order valence-corrected chi connectivity index (χ2v) is 5.62. The average Bonchev–Trinajstić information content (AvgIpc) is 2.82. The first kappa shape index (κ1) is 15.4. The standard InChI is InChI=1S/C17H15ClN2O3/c1-11-3-2-4-14-15(11)16(19-22)17(21)20(14)9-10-23-13-7-5-12(18)6-8-13/h2-8,21H,9-10H2,1H3. The minimum atomic E-state index is -0.135. The van der Waals surface area contributed by atoms with E-state index in [1.807, 2.05) is 25.1 Å². The number of nitrogens with zero attached hydrogens (tertiary/aromatic N) is 2. The number of nitroso groups, excluding NO2 is 1. The molecule has 0 unspecified atom stereocenters. The van der Waals surface area contributed by atoms with Crippen LogP contribution in [-0.4, -0.2) is 16.3 Å². The Hall–Kier alpha value is -2.53. The molecule has 1 heterocycles. The molecule has 0 saturated carbocycles. The van der Waals surface area contributed by atoms with Gasteiger partial charge in [0.2, 0.25) is 5.88 Å². The van der Waals surface area contributed by atoms with E-state index in [9.17, 15) is 10.0 Å². The third-order valence-electron chi connectivity index (χ3n) is 3.73. The van der Waals surface area contributed by atoms with Gasteiger partial charge in [-0.25, -0.2) is 0 Å². The number of hydrogen-bond acceptors (Lipinski definition) is 4. The van der Waals surface area contributed by atoms with Crippen LogP contribution in [0.4, 0.5) is 5.69 Å². The summed E-state index contributed by atoms with van der Waals surface area (Å²) >= 11 is 5.83. The van der Waals surface area contributed by atoms with E-state index >= 15 is 0 Å². The molecule has 2 aromatic carbocycles. The van der Waals surface area contributed by atoms with Crippen molar-refractivity contribution in [1.29, 1.82) is 0 Å². The Labute approximate surface area is 138 Å². The summed E-state index contributed by atoms with van der Waals surface area (Å²) in [5.74, 6) is 0.555. The van der Waals surface area contributed by atoms with E-state index in [4.69, 9.17) is 16.3 Å². The van der Waals surface area contributed by atoms with Crippen LogP contribution in [-0.2, 0) is 6.54 Å². The highest BCUT2D eigenvalue weighted by Crippen LogP contribution is 2.40. The molecule has 0 atom stereocenters. The van der Waals surface area contributed by atoms with Gasteiger partial charge < -0.3 is 14.4 Å². The van der Waals surface area contributed by atoms with Crippen molar-refractivity contribution in [2.75, 3.05) is 6.61 Å². The first-order valence-electron chi connectivity index (χ1n) is 7.14. The number of hydrogen-bond donors (Lipinski definition) is 1. The van der Waals surface area contributed by atoms with Crippen LogP contribution in [0.15, 0.2) is 47.6 Å². The number of aromatic hydroxyl groups is 1. The first-order valence-corrected chi connectivity index (χ1v) is 7.52. The second-order valence-electron chi connectivity index (χ2n) is 5.19. The topological polar surface area (TPSA) is 63.8 Å². The number of benzene rings is 2. The SMILES string of the molecule is Cc1cccc2c1c(N=O)c(O)n2CCOc1ccc(Cl)cc1. The highest BCUT2D eigenvalue weighted by molar-refractivity contribution is 6.30. The zero-order chi connectivity index (χ0) is 16.4. The third kappa shape index (κ3) is 2.87. The Bertz CT molecular complexity index is 856. The van der Waals surface area contributed by atoms with Crippen LogP contribution in [0.3, 0.4) is 0 Å².